The van der Waals surface area contributed by atoms with E-state index in [1.54, 1.807) is 45.2 Å². The zero-order chi connectivity index (χ0) is 27.5. The largest absolute Gasteiger partial charge is 0.522 e. The van der Waals surface area contributed by atoms with Crippen LogP contribution >= 0.6 is 11.6 Å². The number of halogens is 4. The molecule has 0 bridgehead atoms. The van der Waals surface area contributed by atoms with Crippen LogP contribution in [0.1, 0.15) is 45.5 Å². The van der Waals surface area contributed by atoms with E-state index in [1.165, 1.54) is 4.90 Å². The minimum Gasteiger partial charge on any atom is -0.447 e. The number of carbonyl (C=O) groups excluding carboxylic acids is 1. The van der Waals surface area contributed by atoms with E-state index in [4.69, 9.17) is 25.5 Å². The highest BCUT2D eigenvalue weighted by Gasteiger charge is 2.38. The number of carbonyl (C=O) groups is 1. The van der Waals surface area contributed by atoms with Crippen LogP contribution in [0.5, 0.6) is 6.08 Å². The lowest BCUT2D eigenvalue weighted by atomic mass is 9.98. The van der Waals surface area contributed by atoms with Gasteiger partial charge < -0.3 is 19.2 Å². The van der Waals surface area contributed by atoms with E-state index in [0.29, 0.717) is 29.3 Å². The maximum atomic E-state index is 13.1. The van der Waals surface area contributed by atoms with Gasteiger partial charge in [-0.1, -0.05) is 16.7 Å². The molecular formula is C23H26ClF3N6O5. The molecule has 3 heterocycles. The number of benzene rings is 1. The third kappa shape index (κ3) is 7.57. The smallest absolute Gasteiger partial charge is 0.447 e. The summed E-state index contributed by atoms with van der Waals surface area (Å²) in [6, 6.07) is 4.43. The summed E-state index contributed by atoms with van der Waals surface area (Å²) in [4.78, 5) is 23.4. The highest BCUT2D eigenvalue weighted by Crippen LogP contribution is 2.33. The van der Waals surface area contributed by atoms with Crippen molar-refractivity contribution in [2.24, 2.45) is 0 Å². The monoisotopic (exact) mass is 558 g/mol. The Morgan fingerprint density at radius 3 is 2.74 bits per heavy atom. The average molecular weight is 559 g/mol. The van der Waals surface area contributed by atoms with Gasteiger partial charge in [0.05, 0.1) is 12.1 Å². The van der Waals surface area contributed by atoms with Gasteiger partial charge >= 0.3 is 18.5 Å². The molecule has 206 valence electrons. The number of fused-ring (bicyclic) bond motifs is 1. The molecule has 38 heavy (non-hydrogen) atoms. The Labute approximate surface area is 220 Å². The van der Waals surface area contributed by atoms with E-state index in [2.05, 4.69) is 30.2 Å². The summed E-state index contributed by atoms with van der Waals surface area (Å²) in [5, 5.41) is 12.3. The number of piperidine rings is 1. The molecule has 11 nitrogen and oxygen atoms in total. The Morgan fingerprint density at radius 1 is 1.21 bits per heavy atom. The number of hydrogen-bond donors (Lipinski definition) is 1. The molecule has 1 unspecified atom stereocenters. The lowest BCUT2D eigenvalue weighted by Crippen LogP contribution is -2.48. The van der Waals surface area contributed by atoms with E-state index in [1.807, 2.05) is 0 Å². The first kappa shape index (κ1) is 27.6. The number of likely N-dealkylation sites (tertiary alicyclic amines) is 1. The molecular weight excluding hydrogens is 533 g/mol. The zero-order valence-electron chi connectivity index (χ0n) is 20.8. The molecule has 0 saturated carbocycles. The van der Waals surface area contributed by atoms with E-state index in [0.717, 1.165) is 5.39 Å². The van der Waals surface area contributed by atoms with Crippen LogP contribution < -0.4 is 10.1 Å². The third-order valence-corrected chi connectivity index (χ3v) is 5.60. The number of amides is 1. The van der Waals surface area contributed by atoms with Gasteiger partial charge in [0.1, 0.15) is 18.2 Å². The fourth-order valence-corrected chi connectivity index (χ4v) is 4.00. The number of ether oxygens (including phenoxy) is 3. The van der Waals surface area contributed by atoms with Crippen LogP contribution in [0.4, 0.5) is 23.9 Å². The predicted molar refractivity (Wildman–Crippen MR) is 129 cm³/mol. The number of hydrogen-bond acceptors (Lipinski definition) is 10. The Kier molecular flexibility index (Phi) is 8.11. The maximum Gasteiger partial charge on any atom is 0.522 e. The summed E-state index contributed by atoms with van der Waals surface area (Å²) >= 11 is 6.03. The maximum absolute atomic E-state index is 13.1. The number of anilines is 1. The molecule has 3 aromatic rings. The summed E-state index contributed by atoms with van der Waals surface area (Å²) in [6.07, 6.45) is -3.03. The Morgan fingerprint density at radius 2 is 2.00 bits per heavy atom. The third-order valence-electron chi connectivity index (χ3n) is 5.37. The van der Waals surface area contributed by atoms with Gasteiger partial charge in [0.2, 0.25) is 11.8 Å². The van der Waals surface area contributed by atoms with Crippen LogP contribution in [-0.4, -0.2) is 68.9 Å². The summed E-state index contributed by atoms with van der Waals surface area (Å²) in [6.45, 7) is 4.25. The van der Waals surface area contributed by atoms with Crippen molar-refractivity contribution in [1.29, 1.82) is 0 Å². The van der Waals surface area contributed by atoms with Crippen molar-refractivity contribution in [2.45, 2.75) is 57.7 Å². The second-order valence-corrected chi connectivity index (χ2v) is 9.95. The van der Waals surface area contributed by atoms with E-state index >= 15 is 0 Å². The lowest BCUT2D eigenvalue weighted by Gasteiger charge is -2.38. The zero-order valence-corrected chi connectivity index (χ0v) is 21.5. The topological polar surface area (TPSA) is 125 Å². The number of nitrogens with zero attached hydrogens (tertiary/aromatic N) is 5. The molecule has 2 atom stereocenters. The van der Waals surface area contributed by atoms with Crippen molar-refractivity contribution < 1.29 is 36.6 Å². The Hall–Kier alpha value is -3.39. The van der Waals surface area contributed by atoms with Crippen molar-refractivity contribution in [3.05, 3.63) is 35.3 Å². The highest BCUT2D eigenvalue weighted by atomic mass is 35.5. The fourth-order valence-electron chi connectivity index (χ4n) is 3.82. The fraction of sp³-hybridized carbons (Fsp3) is 0.522. The van der Waals surface area contributed by atoms with Gasteiger partial charge in [-0.25, -0.2) is 14.8 Å². The molecule has 1 aromatic carbocycles. The van der Waals surface area contributed by atoms with Gasteiger partial charge in [0, 0.05) is 29.2 Å². The van der Waals surface area contributed by atoms with Crippen molar-refractivity contribution in [3.8, 4) is 6.08 Å². The number of aromatic nitrogens is 4. The minimum atomic E-state index is -4.77. The first-order chi connectivity index (χ1) is 17.9. The van der Waals surface area contributed by atoms with Gasteiger partial charge in [0.15, 0.2) is 0 Å². The van der Waals surface area contributed by atoms with Crippen molar-refractivity contribution >= 4 is 34.5 Å². The van der Waals surface area contributed by atoms with Crippen LogP contribution in [0.25, 0.3) is 10.9 Å². The summed E-state index contributed by atoms with van der Waals surface area (Å²) in [5.74, 6) is 0.460. The Balaban J connectivity index is 1.45. The lowest BCUT2D eigenvalue weighted by molar-refractivity contribution is -0.325. The quantitative estimate of drug-likeness (QED) is 0.390. The van der Waals surface area contributed by atoms with Crippen LogP contribution in [0, 0.1) is 0 Å². The van der Waals surface area contributed by atoms with Gasteiger partial charge in [-0.3, -0.25) is 9.64 Å². The van der Waals surface area contributed by atoms with Crippen LogP contribution in [0.15, 0.2) is 28.8 Å². The molecule has 1 amide bonds. The standard InChI is InChI=1S/C23H26ClF3N6O5/c1-22(2,3)38-21(34)33-12-15(29-19-28-11-13-10-14(24)4-6-16(13)30-19)5-7-17(33)18-31-32-20(37-18)35-8-9-36-23(25,26)27/h4,6,10-11,15,17H,5,7-9,12H2,1-3H3,(H,28,29,30)/t15?,17-/m0/s1. The molecule has 15 heteroatoms. The summed E-state index contributed by atoms with van der Waals surface area (Å²) < 4.78 is 56.1. The van der Waals surface area contributed by atoms with Gasteiger partial charge in [-0.05, 0) is 51.8 Å². The first-order valence-corrected chi connectivity index (χ1v) is 12.1. The van der Waals surface area contributed by atoms with Crippen molar-refractivity contribution in [2.75, 3.05) is 25.1 Å². The molecule has 1 saturated heterocycles. The molecule has 0 aliphatic carbocycles. The molecule has 1 N–H and O–H groups in total. The Bertz CT molecular complexity index is 1270. The van der Waals surface area contributed by atoms with E-state index < -0.39 is 37.3 Å². The predicted octanol–water partition coefficient (Wildman–Crippen LogP) is 5.13. The SMILES string of the molecule is CC(C)(C)OC(=O)N1CC(Nc2ncc3cc(Cl)ccc3n2)CC[C@H]1c1nnc(OCCOC(F)(F)F)o1. The van der Waals surface area contributed by atoms with Gasteiger partial charge in [-0.2, -0.15) is 0 Å². The van der Waals surface area contributed by atoms with Crippen LogP contribution in [-0.2, 0) is 9.47 Å². The molecule has 0 spiro atoms. The number of rotatable bonds is 7. The minimum absolute atomic E-state index is 0.0693. The van der Waals surface area contributed by atoms with Crippen molar-refractivity contribution in [1.82, 2.24) is 25.1 Å². The molecule has 1 aliphatic rings. The number of alkyl halides is 3. The number of nitrogens with one attached hydrogen (secondary N) is 1. The van der Waals surface area contributed by atoms with E-state index in [-0.39, 0.29) is 24.6 Å². The van der Waals surface area contributed by atoms with E-state index in [9.17, 15) is 18.0 Å². The molecule has 1 aliphatic heterocycles. The van der Waals surface area contributed by atoms with Crippen LogP contribution in [0.3, 0.4) is 0 Å². The van der Waals surface area contributed by atoms with Crippen LogP contribution in [0.2, 0.25) is 5.02 Å². The molecule has 1 fully saturated rings. The highest BCUT2D eigenvalue weighted by molar-refractivity contribution is 6.31. The van der Waals surface area contributed by atoms with Gasteiger partial charge in [0.25, 0.3) is 0 Å². The normalized spacial score (nSPS) is 18.4. The van der Waals surface area contributed by atoms with Gasteiger partial charge in [-0.15, -0.1) is 18.3 Å². The second kappa shape index (κ2) is 11.2. The molecule has 0 radical (unpaired) electrons. The summed E-state index contributed by atoms with van der Waals surface area (Å²) in [7, 11) is 0. The molecule has 2 aromatic heterocycles. The molecule has 4 rings (SSSR count). The summed E-state index contributed by atoms with van der Waals surface area (Å²) in [5.41, 5.74) is -0.0459. The van der Waals surface area contributed by atoms with Crippen molar-refractivity contribution in [3.63, 3.8) is 0 Å². The second-order valence-electron chi connectivity index (χ2n) is 9.51. The average Bonchev–Trinajstić information content (AvgIpc) is 3.29. The first-order valence-electron chi connectivity index (χ1n) is 11.7.